The third-order valence-electron chi connectivity index (χ3n) is 3.51. The highest BCUT2D eigenvalue weighted by molar-refractivity contribution is 6.30. The Kier molecular flexibility index (Phi) is 5.25. The second-order valence-corrected chi connectivity index (χ2v) is 5.49. The largest absolute Gasteiger partial charge is 0.375 e. The molecule has 1 aliphatic rings. The zero-order valence-electron chi connectivity index (χ0n) is 11.3. The van der Waals surface area contributed by atoms with Gasteiger partial charge in [0.25, 0.3) is 0 Å². The quantitative estimate of drug-likeness (QED) is 0.896. The fourth-order valence-corrected chi connectivity index (χ4v) is 2.64. The summed E-state index contributed by atoms with van der Waals surface area (Å²) in [5.74, 6) is -0.0317. The van der Waals surface area contributed by atoms with E-state index in [9.17, 15) is 4.79 Å². The molecule has 0 bridgehead atoms. The number of carbonyl (C=O) groups excluding carboxylic acids is 1. The third kappa shape index (κ3) is 4.14. The van der Waals surface area contributed by atoms with Gasteiger partial charge in [-0.05, 0) is 31.0 Å². The Hall–Kier alpha value is -1.73. The maximum absolute atomic E-state index is 11.9. The van der Waals surface area contributed by atoms with Gasteiger partial charge >= 0.3 is 0 Å². The summed E-state index contributed by atoms with van der Waals surface area (Å²) in [6.45, 7) is 0.173. The lowest BCUT2D eigenvalue weighted by molar-refractivity contribution is -0.120. The number of benzene rings is 1. The van der Waals surface area contributed by atoms with E-state index in [1.165, 1.54) is 19.3 Å². The second kappa shape index (κ2) is 7.16. The number of rotatable bonds is 4. The highest BCUT2D eigenvalue weighted by atomic mass is 35.5. The van der Waals surface area contributed by atoms with E-state index < -0.39 is 0 Å². The molecule has 0 aliphatic heterocycles. The summed E-state index contributed by atoms with van der Waals surface area (Å²) >= 11 is 5.83. The summed E-state index contributed by atoms with van der Waals surface area (Å²) < 4.78 is 0. The van der Waals surface area contributed by atoms with Gasteiger partial charge in [0.05, 0.1) is 17.8 Å². The van der Waals surface area contributed by atoms with E-state index in [1.54, 1.807) is 18.2 Å². The van der Waals surface area contributed by atoms with Crippen molar-refractivity contribution in [1.82, 2.24) is 5.32 Å². The lowest BCUT2D eigenvalue weighted by atomic mass is 9.95. The molecular weight excluding hydrogens is 274 g/mol. The number of halogens is 1. The van der Waals surface area contributed by atoms with Gasteiger partial charge in [-0.25, -0.2) is 0 Å². The summed E-state index contributed by atoms with van der Waals surface area (Å²) in [4.78, 5) is 11.9. The lowest BCUT2D eigenvalue weighted by Gasteiger charge is -2.22. The molecule has 1 amide bonds. The van der Waals surface area contributed by atoms with Crippen LogP contribution in [0, 0.1) is 11.3 Å². The van der Waals surface area contributed by atoms with Crippen LogP contribution >= 0.6 is 11.6 Å². The van der Waals surface area contributed by atoms with E-state index in [-0.39, 0.29) is 12.5 Å². The van der Waals surface area contributed by atoms with Crippen molar-refractivity contribution in [3.63, 3.8) is 0 Å². The average Bonchev–Trinajstić information content (AvgIpc) is 2.47. The first kappa shape index (κ1) is 14.7. The Morgan fingerprint density at radius 3 is 2.80 bits per heavy atom. The maximum Gasteiger partial charge on any atom is 0.239 e. The summed E-state index contributed by atoms with van der Waals surface area (Å²) in [5, 5.41) is 15.5. The minimum absolute atomic E-state index is 0.0317. The molecule has 1 saturated carbocycles. The first-order valence-electron chi connectivity index (χ1n) is 6.92. The van der Waals surface area contributed by atoms with Crippen molar-refractivity contribution in [2.45, 2.75) is 38.1 Å². The van der Waals surface area contributed by atoms with Crippen molar-refractivity contribution in [3.05, 3.63) is 28.8 Å². The number of hydrogen-bond acceptors (Lipinski definition) is 3. The van der Waals surface area contributed by atoms with Gasteiger partial charge in [0, 0.05) is 11.1 Å². The smallest absolute Gasteiger partial charge is 0.239 e. The second-order valence-electron chi connectivity index (χ2n) is 5.06. The number of carbonyl (C=O) groups is 1. The topological polar surface area (TPSA) is 64.9 Å². The molecule has 20 heavy (non-hydrogen) atoms. The molecule has 2 N–H and O–H groups in total. The first-order chi connectivity index (χ1) is 9.69. The molecule has 0 aromatic heterocycles. The monoisotopic (exact) mass is 291 g/mol. The molecule has 1 aromatic carbocycles. The van der Waals surface area contributed by atoms with Gasteiger partial charge < -0.3 is 10.6 Å². The van der Waals surface area contributed by atoms with Crippen molar-refractivity contribution < 1.29 is 4.79 Å². The highest BCUT2D eigenvalue weighted by Gasteiger charge is 2.15. The van der Waals surface area contributed by atoms with Crippen LogP contribution in [0.5, 0.6) is 0 Å². The molecule has 1 fully saturated rings. The van der Waals surface area contributed by atoms with Gasteiger partial charge in [-0.2, -0.15) is 5.26 Å². The normalized spacial score (nSPS) is 15.4. The van der Waals surface area contributed by atoms with Crippen molar-refractivity contribution >= 4 is 23.2 Å². The zero-order valence-corrected chi connectivity index (χ0v) is 12.0. The van der Waals surface area contributed by atoms with Gasteiger partial charge in [0.15, 0.2) is 0 Å². The van der Waals surface area contributed by atoms with Crippen LogP contribution in [-0.4, -0.2) is 18.5 Å². The Bertz CT molecular complexity index is 518. The van der Waals surface area contributed by atoms with Crippen molar-refractivity contribution in [2.24, 2.45) is 0 Å². The Balaban J connectivity index is 1.85. The van der Waals surface area contributed by atoms with Gasteiger partial charge in [-0.3, -0.25) is 4.79 Å². The van der Waals surface area contributed by atoms with Crippen molar-refractivity contribution in [1.29, 1.82) is 5.26 Å². The predicted octanol–water partition coefficient (Wildman–Crippen LogP) is 3.07. The van der Waals surface area contributed by atoms with Crippen molar-refractivity contribution in [2.75, 3.05) is 11.9 Å². The summed E-state index contributed by atoms with van der Waals surface area (Å²) in [6, 6.07) is 7.37. The molecule has 0 saturated heterocycles. The SMILES string of the molecule is N#Cc1cc(Cl)ccc1NCC(=O)NC1CCCCC1. The molecule has 5 heteroatoms. The highest BCUT2D eigenvalue weighted by Crippen LogP contribution is 2.20. The Morgan fingerprint density at radius 1 is 1.35 bits per heavy atom. The van der Waals surface area contributed by atoms with Gasteiger partial charge in [0.1, 0.15) is 6.07 Å². The van der Waals surface area contributed by atoms with E-state index in [4.69, 9.17) is 16.9 Å². The first-order valence-corrected chi connectivity index (χ1v) is 7.29. The van der Waals surface area contributed by atoms with E-state index >= 15 is 0 Å². The van der Waals surface area contributed by atoms with E-state index in [0.717, 1.165) is 12.8 Å². The van der Waals surface area contributed by atoms with Crippen LogP contribution in [0.3, 0.4) is 0 Å². The number of nitrogens with zero attached hydrogens (tertiary/aromatic N) is 1. The molecular formula is C15H18ClN3O. The van der Waals surface area contributed by atoms with E-state index in [2.05, 4.69) is 16.7 Å². The molecule has 1 aliphatic carbocycles. The van der Waals surface area contributed by atoms with Crippen LogP contribution in [-0.2, 0) is 4.79 Å². The van der Waals surface area contributed by atoms with E-state index in [0.29, 0.717) is 22.3 Å². The van der Waals surface area contributed by atoms with Gasteiger partial charge in [-0.1, -0.05) is 30.9 Å². The minimum Gasteiger partial charge on any atom is -0.375 e. The minimum atomic E-state index is -0.0317. The van der Waals surface area contributed by atoms with Crippen LogP contribution in [0.15, 0.2) is 18.2 Å². The molecule has 0 atom stereocenters. The number of hydrogen-bond donors (Lipinski definition) is 2. The fourth-order valence-electron chi connectivity index (χ4n) is 2.46. The summed E-state index contributed by atoms with van der Waals surface area (Å²) in [5.41, 5.74) is 1.08. The number of nitrogens with one attached hydrogen (secondary N) is 2. The molecule has 2 rings (SSSR count). The molecule has 0 spiro atoms. The Morgan fingerprint density at radius 2 is 2.10 bits per heavy atom. The van der Waals surface area contributed by atoms with Crippen molar-refractivity contribution in [3.8, 4) is 6.07 Å². The van der Waals surface area contributed by atoms with Gasteiger partial charge in [0.2, 0.25) is 5.91 Å². The number of amides is 1. The van der Waals surface area contributed by atoms with Crippen LogP contribution in [0.25, 0.3) is 0 Å². The Labute approximate surface area is 124 Å². The van der Waals surface area contributed by atoms with Crippen LogP contribution in [0.1, 0.15) is 37.7 Å². The molecule has 0 unspecified atom stereocenters. The molecule has 1 aromatic rings. The van der Waals surface area contributed by atoms with Crippen LogP contribution in [0.2, 0.25) is 5.02 Å². The van der Waals surface area contributed by atoms with E-state index in [1.807, 2.05) is 0 Å². The van der Waals surface area contributed by atoms with Crippen LogP contribution < -0.4 is 10.6 Å². The van der Waals surface area contributed by atoms with Gasteiger partial charge in [-0.15, -0.1) is 0 Å². The maximum atomic E-state index is 11.9. The molecule has 106 valence electrons. The number of nitriles is 1. The fraction of sp³-hybridized carbons (Fsp3) is 0.467. The number of anilines is 1. The molecule has 0 radical (unpaired) electrons. The molecule has 4 nitrogen and oxygen atoms in total. The standard InChI is InChI=1S/C15H18ClN3O/c16-12-6-7-14(11(8-12)9-17)18-10-15(20)19-13-4-2-1-3-5-13/h6-8,13,18H,1-5,10H2,(H,19,20). The average molecular weight is 292 g/mol. The predicted molar refractivity (Wildman–Crippen MR) is 79.7 cm³/mol. The summed E-state index contributed by atoms with van der Waals surface area (Å²) in [7, 11) is 0. The lowest BCUT2D eigenvalue weighted by Crippen LogP contribution is -2.39. The summed E-state index contributed by atoms with van der Waals surface area (Å²) in [6.07, 6.45) is 5.77. The van der Waals surface area contributed by atoms with Crippen LogP contribution in [0.4, 0.5) is 5.69 Å². The third-order valence-corrected chi connectivity index (χ3v) is 3.75. The zero-order chi connectivity index (χ0) is 14.4. The molecule has 0 heterocycles.